The quantitative estimate of drug-likeness (QED) is 0.0145. The van der Waals surface area contributed by atoms with Crippen LogP contribution in [0.1, 0.15) is 119 Å². The number of aromatic hydroxyl groups is 2. The number of carbonyl (C=O) groups is 7. The molecule has 28 nitrogen and oxygen atoms in total. The molecule has 4 saturated carbocycles. The van der Waals surface area contributed by atoms with Crippen LogP contribution in [0, 0.1) is 41.4 Å². The molecule has 0 spiro atoms. The molecule has 4 aromatic carbocycles. The summed E-state index contributed by atoms with van der Waals surface area (Å²) in [6.07, 6.45) is -51.6. The number of esters is 7. The van der Waals surface area contributed by atoms with Crippen LogP contribution in [0.4, 0.5) is 105 Å². The third-order valence-electron chi connectivity index (χ3n) is 20.8. The Morgan fingerprint density at radius 3 is 1.08 bits per heavy atom. The van der Waals surface area contributed by atoms with Crippen molar-refractivity contribution in [2.75, 3.05) is 23.0 Å². The van der Waals surface area contributed by atoms with Gasteiger partial charge in [-0.25, -0.2) is 52.8 Å². The molecule has 710 valence electrons. The van der Waals surface area contributed by atoms with Crippen molar-refractivity contribution in [3.63, 3.8) is 0 Å². The fourth-order valence-corrected chi connectivity index (χ4v) is 18.2. The monoisotopic (exact) mass is 1980 g/mol. The van der Waals surface area contributed by atoms with Gasteiger partial charge in [-0.15, -0.1) is 0 Å². The highest BCUT2D eigenvalue weighted by atomic mass is 32.2. The van der Waals surface area contributed by atoms with E-state index in [1.54, 1.807) is 0 Å². The Hall–Kier alpha value is -8.82. The fraction of sp³-hybridized carbons (Fsp3) is 0.544. The Balaban J connectivity index is 0.000000271. The molecule has 131 heavy (non-hydrogen) atoms. The predicted molar refractivity (Wildman–Crippen MR) is 388 cm³/mol. The van der Waals surface area contributed by atoms with E-state index in [1.165, 1.54) is 0 Å². The van der Waals surface area contributed by atoms with Crippen LogP contribution in [0.5, 0.6) is 23.0 Å². The number of hydrogen-bond donors (Lipinski definition) is 2. The molecule has 1 aliphatic heterocycles. The van der Waals surface area contributed by atoms with Gasteiger partial charge in [-0.3, -0.25) is 14.4 Å². The van der Waals surface area contributed by atoms with Crippen LogP contribution < -0.4 is 9.47 Å². The first-order valence-electron chi connectivity index (χ1n) is 36.0. The minimum absolute atomic E-state index is 0.00809. The molecular weight excluding hydrogens is 1920 g/mol. The third-order valence-corrected chi connectivity index (χ3v) is 23.9. The molecule has 0 amide bonds. The summed E-state index contributed by atoms with van der Waals surface area (Å²) in [7, 11) is 12.9. The van der Waals surface area contributed by atoms with Crippen molar-refractivity contribution >= 4 is 137 Å². The van der Waals surface area contributed by atoms with Crippen molar-refractivity contribution in [1.29, 1.82) is 0 Å². The van der Waals surface area contributed by atoms with Gasteiger partial charge in [0.2, 0.25) is 0 Å². The van der Waals surface area contributed by atoms with Gasteiger partial charge in [0.05, 0.1) is 153 Å². The third kappa shape index (κ3) is 24.7. The zero-order chi connectivity index (χ0) is 101. The molecule has 9 rings (SSSR count). The molecule has 4 aliphatic carbocycles. The first-order valence-corrected chi connectivity index (χ1v) is 42.3. The Morgan fingerprint density at radius 2 is 0.756 bits per heavy atom. The van der Waals surface area contributed by atoms with E-state index in [1.807, 2.05) is 0 Å². The molecule has 4 bridgehead atoms. The van der Waals surface area contributed by atoms with Crippen molar-refractivity contribution in [3.05, 3.63) is 116 Å². The van der Waals surface area contributed by atoms with Gasteiger partial charge in [0.15, 0.2) is 0 Å². The second-order valence-electron chi connectivity index (χ2n) is 29.3. The highest BCUT2D eigenvalue weighted by Gasteiger charge is 2.79. The second-order valence-corrected chi connectivity index (χ2v) is 34.9. The van der Waals surface area contributed by atoms with Gasteiger partial charge in [0, 0.05) is 11.5 Å². The maximum atomic E-state index is 13.5. The summed E-state index contributed by atoms with van der Waals surface area (Å²) < 4.78 is 480. The number of rotatable bonds is 27. The summed E-state index contributed by atoms with van der Waals surface area (Å²) in [6.45, 7) is 0. The maximum absolute atomic E-state index is 13.5. The number of ether oxygens (including phenoxy) is 7. The molecule has 4 aromatic rings. The van der Waals surface area contributed by atoms with Gasteiger partial charge in [0.25, 0.3) is 0 Å². The molecule has 5 fully saturated rings. The molecule has 63 heteroatoms. The smallest absolute Gasteiger partial charge is 0.438 e. The summed E-state index contributed by atoms with van der Waals surface area (Å²) in [6, 6.07) is 7.45. The Morgan fingerprint density at radius 1 is 0.397 bits per heavy atom. The Bertz CT molecular complexity index is 5410. The highest BCUT2D eigenvalue weighted by Crippen LogP contribution is 2.59. The summed E-state index contributed by atoms with van der Waals surface area (Å²) in [4.78, 5) is 86.9. The summed E-state index contributed by atoms with van der Waals surface area (Å²) in [5.74, 6) is -29.0. The molecule has 2 N–H and O–H groups in total. The molecule has 8 atom stereocenters. The number of halogens is 24. The number of hydrogen-bond acceptors (Lipinski definition) is 28. The summed E-state index contributed by atoms with van der Waals surface area (Å²) in [5, 5.41) is 19.9. The number of alkyl halides is 24. The lowest BCUT2D eigenvalue weighted by Crippen LogP contribution is -2.63. The average molecular weight is 1980 g/mol. The van der Waals surface area contributed by atoms with E-state index in [0.717, 1.165) is 49.6 Å². The molecule has 14 radical (unpaired) electrons. The van der Waals surface area contributed by atoms with Crippen molar-refractivity contribution in [2.24, 2.45) is 41.4 Å². The lowest BCUT2D eigenvalue weighted by Gasteiger charge is -2.37. The lowest BCUT2D eigenvalue weighted by atomic mass is 9.80. The topological polar surface area (TPSA) is 453 Å². The number of phenols is 2. The largest absolute Gasteiger partial charge is 0.748 e. The van der Waals surface area contributed by atoms with Crippen LogP contribution in [0.15, 0.2) is 54.6 Å². The van der Waals surface area contributed by atoms with Crippen LogP contribution in [0.2, 0.25) is 0 Å². The van der Waals surface area contributed by atoms with Crippen LogP contribution >= 0.6 is 0 Å². The molecule has 1 saturated heterocycles. The van der Waals surface area contributed by atoms with Gasteiger partial charge < -0.3 is 61.6 Å². The number of fused-ring (bicyclic) bond motifs is 3. The number of carbonyl (C=O) groups excluding carboxylic acids is 7. The van der Waals surface area contributed by atoms with Gasteiger partial charge in [-0.2, -0.15) is 105 Å². The fourth-order valence-electron chi connectivity index (χ4n) is 14.7. The van der Waals surface area contributed by atoms with Crippen molar-refractivity contribution in [1.82, 2.24) is 0 Å². The van der Waals surface area contributed by atoms with Crippen LogP contribution in [-0.2, 0) is 123 Å². The predicted octanol–water partition coefficient (Wildman–Crippen LogP) is 7.54. The van der Waals surface area contributed by atoms with Gasteiger partial charge in [-0.1, -0.05) is 80.5 Å². The van der Waals surface area contributed by atoms with Crippen molar-refractivity contribution < 1.29 is 234 Å². The van der Waals surface area contributed by atoms with Crippen LogP contribution in [0.25, 0.3) is 0 Å². The lowest BCUT2D eigenvalue weighted by molar-refractivity contribution is -0.357. The zero-order valence-electron chi connectivity index (χ0n) is 65.1. The van der Waals surface area contributed by atoms with E-state index in [9.17, 15) is 201 Å². The van der Waals surface area contributed by atoms with E-state index in [-0.39, 0.29) is 88.3 Å². The Labute approximate surface area is 732 Å². The van der Waals surface area contributed by atoms with E-state index in [4.69, 9.17) is 69.1 Å². The van der Waals surface area contributed by atoms with Crippen LogP contribution in [0.3, 0.4) is 0 Å². The van der Waals surface area contributed by atoms with Crippen LogP contribution in [-0.4, -0.2) is 260 Å². The number of benzene rings is 4. The first-order chi connectivity index (χ1) is 59.3. The average Bonchev–Trinajstić information content (AvgIpc) is 1.37. The van der Waals surface area contributed by atoms with Crippen molar-refractivity contribution in [2.45, 2.75) is 161 Å². The van der Waals surface area contributed by atoms with Gasteiger partial charge in [-0.05, 0) is 108 Å². The maximum Gasteiger partial charge on any atom is 0.438 e. The molecule has 1 heterocycles. The number of phenolic OH excluding ortho intramolecular Hbond substituents is 2. The highest BCUT2D eigenvalue weighted by molar-refractivity contribution is 7.86. The van der Waals surface area contributed by atoms with Gasteiger partial charge in [0.1, 0.15) is 34.7 Å². The van der Waals surface area contributed by atoms with Crippen molar-refractivity contribution in [3.8, 4) is 23.0 Å². The zero-order valence-corrected chi connectivity index (χ0v) is 68.4. The van der Waals surface area contributed by atoms with E-state index in [2.05, 4.69) is 18.9 Å². The molecule has 5 aliphatic rings. The molecule has 0 aromatic heterocycles. The molecule has 8 unspecified atom stereocenters. The summed E-state index contributed by atoms with van der Waals surface area (Å²) >= 11 is 0. The Kier molecular flexibility index (Phi) is 33.6. The van der Waals surface area contributed by atoms with Gasteiger partial charge >= 0.3 is 114 Å². The normalized spacial score (nSPS) is 19.8. The summed E-state index contributed by atoms with van der Waals surface area (Å²) in [5.41, 5.74) is -28.0. The first kappa shape index (κ1) is 111. The SMILES string of the molecule is [B]Cc1cc(C[B])c(C(=O)OC(CS(=O)(=O)[O-])(C(F)(F)F)C(F)(F)F)c(C[B])c1O.[B]Cc1cc(C[B])c(O)c(C(=O)OC(CS(=O)(=O)[O-])(C(F)(F)F)C(F)(F)F)c1.[B]Cc1ccc(C(=O)OC(CS(=O)(=O)[O-])(C(F)(F)F)C(F)(F)F)cc1OC(=O)C1C2CC3OC(=O)C1C3C2.[B]Cc1ccc(C(=O)OC(CS(=O)(=O)[O-])(C(F)(F)F)C(F)(F)F)cc1OC(=O)C1CC2CCC1C2. The van der Waals surface area contributed by atoms with E-state index in [0.29, 0.717) is 49.4 Å². The molecular formula is C68H53B7F24O28S4-4. The minimum Gasteiger partial charge on any atom is -0.748 e. The minimum atomic E-state index is -6.56. The second kappa shape index (κ2) is 39.6. The standard InChI is InChI=1S/C21H17BF6O9S.C20H19BF6O7S.C14H11B3F6O6S.C13H10B2F6O6S/c22-6-9-2-1-8(16(29)37-19(20(23,24)25,21(26,27)28)7-38(32,33)34)4-12(9)35-17(30)14-10-3-11-13(5-10)36-18(31)15(11)14;21-8-13-4-3-12(7-15(13)33-17(29)14-6-10-1-2-11(14)5-10)16(28)34-18(19(22,23)24,20(25,26)27)9-35(30,31)32;15-2-6-1-7(3-16)10(24)8(4-17)9(6)11(25)29-12(13(18,19)20,14(21,22)23)5-30(26,27)28;14-3-6-1-7(4-15)9(22)8(2-6)10(23)27-11(12(16,17)18,13(19,20)21)5-28(24,25)26/h1-2,4,10-11,13-15H,3,5-7H2,(H,32,33,34);3-4,7,10-11,14H,1-2,5-6,8-9H2,(H,30,31,32);1,24H,2-5H2,(H,26,27,28);1-2,22H,3-5H2,(H,24,25,26)/p-4. The van der Waals surface area contributed by atoms with E-state index >= 15 is 0 Å². The van der Waals surface area contributed by atoms with E-state index < -0.39 is 259 Å².